The molecule has 1 heteroatoms. The van der Waals surface area contributed by atoms with Gasteiger partial charge in [-0.1, -0.05) is 28.1 Å². The van der Waals surface area contributed by atoms with E-state index in [9.17, 15) is 0 Å². The standard InChI is InChI=1S/C9H13Br/c1-2-9(10)8-6-4-3-5-7-8/h2,6H,3-5,7H2,1H3/b9-2+. The molecule has 0 unspecified atom stereocenters. The van der Waals surface area contributed by atoms with Gasteiger partial charge in [0.15, 0.2) is 0 Å². The predicted octanol–water partition coefficient (Wildman–Crippen LogP) is 3.79. The highest BCUT2D eigenvalue weighted by Crippen LogP contribution is 2.26. The van der Waals surface area contributed by atoms with E-state index in [-0.39, 0.29) is 0 Å². The first-order valence-electron chi connectivity index (χ1n) is 3.86. The molecule has 0 N–H and O–H groups in total. The Kier molecular flexibility index (Phi) is 3.20. The zero-order valence-electron chi connectivity index (χ0n) is 6.36. The smallest absolute Gasteiger partial charge is 0.0161 e. The number of halogens is 1. The molecule has 0 radical (unpaired) electrons. The van der Waals surface area contributed by atoms with E-state index in [1.807, 2.05) is 0 Å². The van der Waals surface area contributed by atoms with E-state index in [4.69, 9.17) is 0 Å². The van der Waals surface area contributed by atoms with Crippen LogP contribution in [-0.4, -0.2) is 0 Å². The summed E-state index contributed by atoms with van der Waals surface area (Å²) in [5, 5.41) is 0. The molecule has 0 saturated carbocycles. The summed E-state index contributed by atoms with van der Waals surface area (Å²) in [6, 6.07) is 0. The highest BCUT2D eigenvalue weighted by molar-refractivity contribution is 9.12. The molecule has 0 amide bonds. The maximum atomic E-state index is 3.53. The van der Waals surface area contributed by atoms with Crippen LogP contribution < -0.4 is 0 Å². The fourth-order valence-corrected chi connectivity index (χ4v) is 1.60. The van der Waals surface area contributed by atoms with Crippen LogP contribution in [0, 0.1) is 0 Å². The van der Waals surface area contributed by atoms with Crippen molar-refractivity contribution < 1.29 is 0 Å². The highest BCUT2D eigenvalue weighted by Gasteiger charge is 2.04. The Labute approximate surface area is 71.1 Å². The Morgan fingerprint density at radius 2 is 2.40 bits per heavy atom. The first-order valence-corrected chi connectivity index (χ1v) is 4.65. The second-order valence-electron chi connectivity index (χ2n) is 2.61. The molecule has 0 aromatic rings. The van der Waals surface area contributed by atoms with Crippen molar-refractivity contribution in [1.82, 2.24) is 0 Å². The van der Waals surface area contributed by atoms with E-state index in [0.29, 0.717) is 0 Å². The van der Waals surface area contributed by atoms with Crippen molar-refractivity contribution in [2.24, 2.45) is 0 Å². The van der Waals surface area contributed by atoms with Gasteiger partial charge in [-0.2, -0.15) is 0 Å². The van der Waals surface area contributed by atoms with E-state index in [1.165, 1.54) is 35.7 Å². The van der Waals surface area contributed by atoms with Crippen LogP contribution in [0.2, 0.25) is 0 Å². The van der Waals surface area contributed by atoms with Crippen LogP contribution >= 0.6 is 15.9 Å². The molecule has 0 nitrogen and oxygen atoms in total. The minimum absolute atomic E-state index is 1.25. The van der Waals surface area contributed by atoms with Crippen molar-refractivity contribution in [2.45, 2.75) is 32.6 Å². The summed E-state index contributed by atoms with van der Waals surface area (Å²) < 4.78 is 1.28. The van der Waals surface area contributed by atoms with Crippen molar-refractivity contribution in [2.75, 3.05) is 0 Å². The van der Waals surface area contributed by atoms with E-state index in [1.54, 1.807) is 0 Å². The van der Waals surface area contributed by atoms with Gasteiger partial charge in [0.05, 0.1) is 0 Å². The second kappa shape index (κ2) is 3.97. The lowest BCUT2D eigenvalue weighted by Crippen LogP contribution is -1.90. The lowest BCUT2D eigenvalue weighted by atomic mass is 9.99. The monoisotopic (exact) mass is 200 g/mol. The largest absolute Gasteiger partial charge is 0.0802 e. The summed E-state index contributed by atoms with van der Waals surface area (Å²) in [4.78, 5) is 0. The molecule has 0 atom stereocenters. The zero-order valence-corrected chi connectivity index (χ0v) is 7.95. The van der Waals surface area contributed by atoms with E-state index in [2.05, 4.69) is 35.0 Å². The van der Waals surface area contributed by atoms with Crippen LogP contribution in [0.4, 0.5) is 0 Å². The number of hydrogen-bond acceptors (Lipinski definition) is 0. The van der Waals surface area contributed by atoms with Crippen molar-refractivity contribution >= 4 is 15.9 Å². The van der Waals surface area contributed by atoms with Gasteiger partial charge in [-0.3, -0.25) is 0 Å². The SMILES string of the molecule is C/C=C(/Br)C1=CCCCC1. The third-order valence-electron chi connectivity index (χ3n) is 1.85. The minimum Gasteiger partial charge on any atom is -0.0802 e. The van der Waals surface area contributed by atoms with Gasteiger partial charge in [-0.15, -0.1) is 0 Å². The van der Waals surface area contributed by atoms with E-state index in [0.717, 1.165) is 0 Å². The molecule has 10 heavy (non-hydrogen) atoms. The Hall–Kier alpha value is -0.0400. The lowest BCUT2D eigenvalue weighted by molar-refractivity contribution is 0.711. The van der Waals surface area contributed by atoms with Gasteiger partial charge in [0.25, 0.3) is 0 Å². The molecule has 1 rings (SSSR count). The Balaban J connectivity index is 2.62. The molecular formula is C9H13Br. The van der Waals surface area contributed by atoms with Crippen LogP contribution in [0.15, 0.2) is 22.2 Å². The van der Waals surface area contributed by atoms with Gasteiger partial charge >= 0.3 is 0 Å². The van der Waals surface area contributed by atoms with Crippen LogP contribution in [0.1, 0.15) is 32.6 Å². The highest BCUT2D eigenvalue weighted by atomic mass is 79.9. The van der Waals surface area contributed by atoms with Gasteiger partial charge in [0.2, 0.25) is 0 Å². The van der Waals surface area contributed by atoms with Crippen LogP contribution in [-0.2, 0) is 0 Å². The fourth-order valence-electron chi connectivity index (χ4n) is 1.24. The molecule has 0 spiro atoms. The maximum Gasteiger partial charge on any atom is 0.0161 e. The second-order valence-corrected chi connectivity index (χ2v) is 3.47. The summed E-state index contributed by atoms with van der Waals surface area (Å²) in [6.45, 7) is 2.07. The maximum absolute atomic E-state index is 3.53. The predicted molar refractivity (Wildman–Crippen MR) is 49.2 cm³/mol. The van der Waals surface area contributed by atoms with Crippen LogP contribution in [0.3, 0.4) is 0 Å². The summed E-state index contributed by atoms with van der Waals surface area (Å²) in [5.74, 6) is 0. The first-order chi connectivity index (χ1) is 4.84. The molecule has 56 valence electrons. The average Bonchev–Trinajstić information content (AvgIpc) is 2.05. The summed E-state index contributed by atoms with van der Waals surface area (Å²) in [6.07, 6.45) is 9.70. The van der Waals surface area contributed by atoms with Gasteiger partial charge in [0, 0.05) is 4.48 Å². The topological polar surface area (TPSA) is 0 Å². The summed E-state index contributed by atoms with van der Waals surface area (Å²) in [5.41, 5.74) is 1.49. The third-order valence-corrected chi connectivity index (χ3v) is 2.82. The number of rotatable bonds is 1. The van der Waals surface area contributed by atoms with E-state index >= 15 is 0 Å². The zero-order chi connectivity index (χ0) is 7.40. The first kappa shape index (κ1) is 8.06. The molecule has 1 aliphatic rings. The molecule has 0 saturated heterocycles. The fraction of sp³-hybridized carbons (Fsp3) is 0.556. The van der Waals surface area contributed by atoms with Crippen molar-refractivity contribution in [3.8, 4) is 0 Å². The summed E-state index contributed by atoms with van der Waals surface area (Å²) in [7, 11) is 0. The van der Waals surface area contributed by atoms with Crippen molar-refractivity contribution in [3.05, 3.63) is 22.2 Å². The van der Waals surface area contributed by atoms with Gasteiger partial charge in [-0.05, 0) is 38.2 Å². The molecule has 0 aromatic heterocycles. The molecule has 0 heterocycles. The number of allylic oxidation sites excluding steroid dienone is 4. The van der Waals surface area contributed by atoms with Gasteiger partial charge in [0.1, 0.15) is 0 Å². The Morgan fingerprint density at radius 1 is 1.60 bits per heavy atom. The normalized spacial score (nSPS) is 20.6. The molecule has 0 bridgehead atoms. The Bertz CT molecular complexity index is 166. The van der Waals surface area contributed by atoms with Gasteiger partial charge < -0.3 is 0 Å². The molecular weight excluding hydrogens is 188 g/mol. The Morgan fingerprint density at radius 3 is 2.90 bits per heavy atom. The van der Waals surface area contributed by atoms with Crippen molar-refractivity contribution in [1.29, 1.82) is 0 Å². The molecule has 0 aliphatic heterocycles. The van der Waals surface area contributed by atoms with Gasteiger partial charge in [-0.25, -0.2) is 0 Å². The summed E-state index contributed by atoms with van der Waals surface area (Å²) >= 11 is 3.53. The third kappa shape index (κ3) is 1.98. The lowest BCUT2D eigenvalue weighted by Gasteiger charge is -2.10. The molecule has 0 aromatic carbocycles. The van der Waals surface area contributed by atoms with Crippen LogP contribution in [0.5, 0.6) is 0 Å². The van der Waals surface area contributed by atoms with Crippen molar-refractivity contribution in [3.63, 3.8) is 0 Å². The minimum atomic E-state index is 1.25. The average molecular weight is 201 g/mol. The molecule has 1 aliphatic carbocycles. The van der Waals surface area contributed by atoms with Crippen LogP contribution in [0.25, 0.3) is 0 Å². The molecule has 0 fully saturated rings. The number of hydrogen-bond donors (Lipinski definition) is 0. The quantitative estimate of drug-likeness (QED) is 0.605. The van der Waals surface area contributed by atoms with E-state index < -0.39 is 0 Å².